The van der Waals surface area contributed by atoms with E-state index in [1.54, 1.807) is 45.9 Å². The Balaban J connectivity index is 2.05. The highest BCUT2D eigenvalue weighted by molar-refractivity contribution is 6.30. The number of nitrogens with zero attached hydrogens (tertiary/aromatic N) is 1. The number of carbonyl (C=O) groups excluding carboxylic acids is 2. The Kier molecular flexibility index (Phi) is 5.34. The van der Waals surface area contributed by atoms with Gasteiger partial charge in [0.25, 0.3) is 0 Å². The lowest BCUT2D eigenvalue weighted by Gasteiger charge is -2.43. The number of halogens is 1. The molecule has 0 aliphatic carbocycles. The van der Waals surface area contributed by atoms with Crippen LogP contribution in [0.5, 0.6) is 11.6 Å². The number of ketones is 2. The van der Waals surface area contributed by atoms with Crippen LogP contribution >= 0.6 is 11.6 Å². The number of benzene rings is 1. The monoisotopic (exact) mass is 401 g/mol. The largest absolute Gasteiger partial charge is 0.439 e. The van der Waals surface area contributed by atoms with Gasteiger partial charge < -0.3 is 9.47 Å². The summed E-state index contributed by atoms with van der Waals surface area (Å²) in [6, 6.07) is 8.79. The molecule has 1 aliphatic rings. The number of ether oxygens (including phenoxy) is 2. The second-order valence-electron chi connectivity index (χ2n) is 7.92. The van der Waals surface area contributed by atoms with Crippen molar-refractivity contribution < 1.29 is 19.1 Å². The Morgan fingerprint density at radius 1 is 1.07 bits per heavy atom. The van der Waals surface area contributed by atoms with Crippen molar-refractivity contribution in [3.05, 3.63) is 52.7 Å². The summed E-state index contributed by atoms with van der Waals surface area (Å²) >= 11 is 5.86. The van der Waals surface area contributed by atoms with Crippen molar-refractivity contribution in [3.63, 3.8) is 0 Å². The summed E-state index contributed by atoms with van der Waals surface area (Å²) in [7, 11) is 0. The standard InChI is InChI=1S/C22H24ClNO4/c1-6-13-7-9-15(27-17-10-8-14(23)12-24-17)11-16(13)18-19(25)21(2,3)28-22(4,5)20(18)26/h7-12,18H,6H2,1-5H3. The van der Waals surface area contributed by atoms with E-state index in [0.29, 0.717) is 28.6 Å². The van der Waals surface area contributed by atoms with Crippen LogP contribution in [0.15, 0.2) is 36.5 Å². The van der Waals surface area contributed by atoms with Crippen molar-refractivity contribution in [1.29, 1.82) is 0 Å². The molecule has 1 fully saturated rings. The molecule has 3 rings (SSSR count). The smallest absolute Gasteiger partial charge is 0.219 e. The summed E-state index contributed by atoms with van der Waals surface area (Å²) in [5.41, 5.74) is -0.520. The van der Waals surface area contributed by atoms with Crippen LogP contribution in [0, 0.1) is 0 Å². The Hall–Kier alpha value is -2.24. The first-order chi connectivity index (χ1) is 13.0. The SMILES string of the molecule is CCc1ccc(Oc2ccc(Cl)cn2)cc1C1C(=O)C(C)(C)OC(C)(C)C1=O. The van der Waals surface area contributed by atoms with Gasteiger partial charge in [-0.25, -0.2) is 4.98 Å². The summed E-state index contributed by atoms with van der Waals surface area (Å²) in [4.78, 5) is 30.3. The van der Waals surface area contributed by atoms with E-state index in [1.165, 1.54) is 6.20 Å². The zero-order chi connectivity index (χ0) is 20.7. The maximum atomic E-state index is 13.1. The molecule has 0 N–H and O–H groups in total. The minimum atomic E-state index is -1.05. The van der Waals surface area contributed by atoms with E-state index < -0.39 is 17.1 Å². The molecule has 1 aromatic heterocycles. The molecule has 0 bridgehead atoms. The quantitative estimate of drug-likeness (QED) is 0.682. The topological polar surface area (TPSA) is 65.5 Å². The molecular weight excluding hydrogens is 378 g/mol. The van der Waals surface area contributed by atoms with Crippen LogP contribution in [-0.4, -0.2) is 27.8 Å². The van der Waals surface area contributed by atoms with Crippen molar-refractivity contribution in [2.24, 2.45) is 0 Å². The molecule has 1 aromatic carbocycles. The Bertz CT molecular complexity index is 893. The number of hydrogen-bond donors (Lipinski definition) is 0. The van der Waals surface area contributed by atoms with Crippen molar-refractivity contribution in [2.75, 3.05) is 0 Å². The Morgan fingerprint density at radius 2 is 1.71 bits per heavy atom. The summed E-state index contributed by atoms with van der Waals surface area (Å²) in [5, 5.41) is 0.511. The molecule has 148 valence electrons. The zero-order valence-electron chi connectivity index (χ0n) is 16.7. The molecule has 0 unspecified atom stereocenters. The lowest BCUT2D eigenvalue weighted by atomic mass is 9.73. The number of pyridine rings is 1. The molecule has 1 aliphatic heterocycles. The first-order valence-electron chi connectivity index (χ1n) is 9.26. The minimum Gasteiger partial charge on any atom is -0.439 e. The zero-order valence-corrected chi connectivity index (χ0v) is 17.5. The fourth-order valence-electron chi connectivity index (χ4n) is 3.61. The van der Waals surface area contributed by atoms with Crippen molar-refractivity contribution in [2.45, 2.75) is 58.2 Å². The highest BCUT2D eigenvalue weighted by Gasteiger charge is 2.53. The average Bonchev–Trinajstić information content (AvgIpc) is 2.62. The first-order valence-corrected chi connectivity index (χ1v) is 9.64. The molecule has 6 heteroatoms. The summed E-state index contributed by atoms with van der Waals surface area (Å²) in [6.07, 6.45) is 2.18. The van der Waals surface area contributed by atoms with E-state index in [-0.39, 0.29) is 11.6 Å². The van der Waals surface area contributed by atoms with Crippen LogP contribution in [0.25, 0.3) is 0 Å². The third-order valence-electron chi connectivity index (χ3n) is 4.95. The summed E-state index contributed by atoms with van der Waals surface area (Å²) in [5.74, 6) is -0.494. The van der Waals surface area contributed by atoms with Gasteiger partial charge in [0.2, 0.25) is 5.88 Å². The first kappa shape index (κ1) is 20.5. The number of aromatic nitrogens is 1. The van der Waals surface area contributed by atoms with Crippen molar-refractivity contribution in [3.8, 4) is 11.6 Å². The predicted molar refractivity (Wildman–Crippen MR) is 107 cm³/mol. The Labute approximate surface area is 170 Å². The second kappa shape index (κ2) is 7.30. The van der Waals surface area contributed by atoms with Crippen LogP contribution in [-0.2, 0) is 20.7 Å². The van der Waals surface area contributed by atoms with E-state index in [9.17, 15) is 9.59 Å². The van der Waals surface area contributed by atoms with Crippen molar-refractivity contribution in [1.82, 2.24) is 4.98 Å². The normalized spacial score (nSPS) is 18.9. The lowest BCUT2D eigenvalue weighted by Crippen LogP contribution is -2.58. The molecule has 0 saturated carbocycles. The van der Waals surface area contributed by atoms with Gasteiger partial charge in [-0.1, -0.05) is 24.6 Å². The van der Waals surface area contributed by atoms with Gasteiger partial charge in [-0.05, 0) is 63.4 Å². The van der Waals surface area contributed by atoms with Gasteiger partial charge in [-0.3, -0.25) is 9.59 Å². The Morgan fingerprint density at radius 3 is 2.25 bits per heavy atom. The lowest BCUT2D eigenvalue weighted by molar-refractivity contribution is -0.184. The number of rotatable bonds is 4. The van der Waals surface area contributed by atoms with Gasteiger partial charge in [0.05, 0.1) is 5.02 Å². The van der Waals surface area contributed by atoms with E-state index in [1.807, 2.05) is 19.1 Å². The van der Waals surface area contributed by atoms with Gasteiger partial charge >= 0.3 is 0 Å². The van der Waals surface area contributed by atoms with E-state index in [2.05, 4.69) is 4.98 Å². The molecule has 5 nitrogen and oxygen atoms in total. The number of hydrogen-bond acceptors (Lipinski definition) is 5. The number of carbonyl (C=O) groups is 2. The van der Waals surface area contributed by atoms with Crippen LogP contribution in [0.4, 0.5) is 0 Å². The fraction of sp³-hybridized carbons (Fsp3) is 0.409. The van der Waals surface area contributed by atoms with E-state index in [4.69, 9.17) is 21.1 Å². The van der Waals surface area contributed by atoms with Crippen LogP contribution in [0.1, 0.15) is 51.7 Å². The molecule has 0 spiro atoms. The predicted octanol–water partition coefficient (Wildman–Crippen LogP) is 4.90. The maximum absolute atomic E-state index is 13.1. The van der Waals surface area contributed by atoms with Crippen LogP contribution in [0.2, 0.25) is 5.02 Å². The molecule has 2 heterocycles. The highest BCUT2D eigenvalue weighted by Crippen LogP contribution is 2.40. The molecule has 0 atom stereocenters. The van der Waals surface area contributed by atoms with E-state index >= 15 is 0 Å². The fourth-order valence-corrected chi connectivity index (χ4v) is 3.72. The van der Waals surface area contributed by atoms with Gasteiger partial charge in [-0.2, -0.15) is 0 Å². The molecular formula is C22H24ClNO4. The minimum absolute atomic E-state index is 0.242. The second-order valence-corrected chi connectivity index (χ2v) is 8.35. The van der Waals surface area contributed by atoms with Gasteiger partial charge in [0.15, 0.2) is 11.6 Å². The molecule has 0 amide bonds. The number of Topliss-reactive ketones (excluding diaryl/α,β-unsaturated/α-hetero) is 2. The van der Waals surface area contributed by atoms with Gasteiger partial charge in [0.1, 0.15) is 22.9 Å². The van der Waals surface area contributed by atoms with Gasteiger partial charge in [-0.15, -0.1) is 0 Å². The average molecular weight is 402 g/mol. The maximum Gasteiger partial charge on any atom is 0.219 e. The molecule has 28 heavy (non-hydrogen) atoms. The molecule has 1 saturated heterocycles. The molecule has 0 radical (unpaired) electrons. The highest BCUT2D eigenvalue weighted by atomic mass is 35.5. The summed E-state index contributed by atoms with van der Waals surface area (Å²) < 4.78 is 11.6. The van der Waals surface area contributed by atoms with Crippen LogP contribution in [0.3, 0.4) is 0 Å². The number of aryl methyl sites for hydroxylation is 1. The van der Waals surface area contributed by atoms with Crippen molar-refractivity contribution >= 4 is 23.2 Å². The van der Waals surface area contributed by atoms with E-state index in [0.717, 1.165) is 5.56 Å². The third-order valence-corrected chi connectivity index (χ3v) is 5.18. The van der Waals surface area contributed by atoms with Crippen LogP contribution < -0.4 is 4.74 Å². The summed E-state index contributed by atoms with van der Waals surface area (Å²) in [6.45, 7) is 8.82. The third kappa shape index (κ3) is 3.82. The van der Waals surface area contributed by atoms with Gasteiger partial charge in [0, 0.05) is 12.3 Å². The molecule has 2 aromatic rings.